The van der Waals surface area contributed by atoms with E-state index >= 15 is 0 Å². The lowest BCUT2D eigenvalue weighted by Crippen LogP contribution is -2.46. The minimum Gasteiger partial charge on any atom is -0.388 e. The zero-order valence-corrected chi connectivity index (χ0v) is 13.8. The molecule has 6 heteroatoms. The first kappa shape index (κ1) is 17.0. The van der Waals surface area contributed by atoms with Crippen LogP contribution in [0.2, 0.25) is 0 Å². The average Bonchev–Trinajstić information content (AvgIpc) is 2.89. The van der Waals surface area contributed by atoms with Crippen molar-refractivity contribution in [3.63, 3.8) is 0 Å². The monoisotopic (exact) mass is 309 g/mol. The van der Waals surface area contributed by atoms with Crippen molar-refractivity contribution in [1.82, 2.24) is 15.1 Å². The van der Waals surface area contributed by atoms with Crippen LogP contribution in [0.5, 0.6) is 0 Å². The summed E-state index contributed by atoms with van der Waals surface area (Å²) >= 11 is 0. The third kappa shape index (κ3) is 3.87. The van der Waals surface area contributed by atoms with Gasteiger partial charge in [-0.2, -0.15) is 5.10 Å². The van der Waals surface area contributed by atoms with Crippen molar-refractivity contribution in [3.8, 4) is 0 Å². The summed E-state index contributed by atoms with van der Waals surface area (Å²) < 4.78 is 7.17. The first-order valence-corrected chi connectivity index (χ1v) is 8.13. The summed E-state index contributed by atoms with van der Waals surface area (Å²) in [5.74, 6) is -0.229. The third-order valence-electron chi connectivity index (χ3n) is 4.44. The number of nitrogens with zero attached hydrogens (tertiary/aromatic N) is 2. The van der Waals surface area contributed by atoms with E-state index in [9.17, 15) is 9.90 Å². The molecule has 0 radical (unpaired) electrons. The number of hydrogen-bond donors (Lipinski definition) is 2. The molecule has 0 atom stereocenters. The van der Waals surface area contributed by atoms with Gasteiger partial charge in [0.25, 0.3) is 5.91 Å². The molecule has 1 fully saturated rings. The van der Waals surface area contributed by atoms with Crippen molar-refractivity contribution < 1.29 is 14.6 Å². The number of aliphatic hydroxyl groups is 1. The van der Waals surface area contributed by atoms with Crippen molar-refractivity contribution in [2.45, 2.75) is 58.1 Å². The quantitative estimate of drug-likeness (QED) is 0.840. The number of amides is 1. The molecule has 1 aromatic heterocycles. The van der Waals surface area contributed by atoms with Crippen LogP contribution in [-0.2, 0) is 4.74 Å². The predicted molar refractivity (Wildman–Crippen MR) is 83.9 cm³/mol. The van der Waals surface area contributed by atoms with E-state index in [-0.39, 0.29) is 12.5 Å². The topological polar surface area (TPSA) is 76.4 Å². The molecule has 0 saturated carbocycles. The molecule has 0 unspecified atom stereocenters. The summed E-state index contributed by atoms with van der Waals surface area (Å²) in [4.78, 5) is 12.3. The Balaban J connectivity index is 1.99. The van der Waals surface area contributed by atoms with E-state index in [1.54, 1.807) is 0 Å². The molecule has 1 saturated heterocycles. The Morgan fingerprint density at radius 3 is 2.68 bits per heavy atom. The molecule has 2 heterocycles. The number of carbonyl (C=O) groups is 1. The standard InChI is InChI=1S/C16H27N3O3/c1-4-13(5-2)19-12(3)10-14(18-19)15(20)17-11-16(21)6-8-22-9-7-16/h10,13,21H,4-9,11H2,1-3H3,(H,17,20). The normalized spacial score (nSPS) is 17.7. The first-order valence-electron chi connectivity index (χ1n) is 8.13. The molecule has 1 aliphatic rings. The minimum absolute atomic E-state index is 0.229. The summed E-state index contributed by atoms with van der Waals surface area (Å²) in [7, 11) is 0. The van der Waals surface area contributed by atoms with Gasteiger partial charge in [0.2, 0.25) is 0 Å². The van der Waals surface area contributed by atoms with Crippen LogP contribution in [0.25, 0.3) is 0 Å². The van der Waals surface area contributed by atoms with E-state index in [1.165, 1.54) is 0 Å². The van der Waals surface area contributed by atoms with Crippen LogP contribution < -0.4 is 5.32 Å². The molecule has 124 valence electrons. The summed E-state index contributed by atoms with van der Waals surface area (Å²) in [6, 6.07) is 2.13. The zero-order valence-electron chi connectivity index (χ0n) is 13.8. The number of ether oxygens (including phenoxy) is 1. The fraction of sp³-hybridized carbons (Fsp3) is 0.750. The van der Waals surface area contributed by atoms with Crippen molar-refractivity contribution >= 4 is 5.91 Å². The van der Waals surface area contributed by atoms with Crippen LogP contribution in [0.4, 0.5) is 0 Å². The van der Waals surface area contributed by atoms with Gasteiger partial charge >= 0.3 is 0 Å². The van der Waals surface area contributed by atoms with E-state index in [1.807, 2.05) is 17.7 Å². The van der Waals surface area contributed by atoms with E-state index < -0.39 is 5.60 Å². The fourth-order valence-electron chi connectivity index (χ4n) is 2.87. The van der Waals surface area contributed by atoms with Crippen molar-refractivity contribution in [2.24, 2.45) is 0 Å². The molecule has 2 N–H and O–H groups in total. The van der Waals surface area contributed by atoms with Gasteiger partial charge in [-0.25, -0.2) is 0 Å². The Morgan fingerprint density at radius 2 is 2.09 bits per heavy atom. The summed E-state index contributed by atoms with van der Waals surface area (Å²) in [5, 5.41) is 17.6. The largest absolute Gasteiger partial charge is 0.388 e. The highest BCUT2D eigenvalue weighted by Gasteiger charge is 2.30. The van der Waals surface area contributed by atoms with E-state index in [0.29, 0.717) is 37.8 Å². The van der Waals surface area contributed by atoms with Crippen molar-refractivity contribution in [2.75, 3.05) is 19.8 Å². The van der Waals surface area contributed by atoms with Crippen LogP contribution in [-0.4, -0.2) is 46.2 Å². The van der Waals surface area contributed by atoms with Crippen molar-refractivity contribution in [3.05, 3.63) is 17.5 Å². The molecule has 0 spiro atoms. The van der Waals surface area contributed by atoms with Gasteiger partial charge in [0.15, 0.2) is 0 Å². The van der Waals surface area contributed by atoms with Crippen LogP contribution in [0, 0.1) is 6.92 Å². The predicted octanol–water partition coefficient (Wildman–Crippen LogP) is 1.82. The summed E-state index contributed by atoms with van der Waals surface area (Å²) in [6.45, 7) is 7.52. The number of aromatic nitrogens is 2. The Morgan fingerprint density at radius 1 is 1.45 bits per heavy atom. The molecule has 0 aromatic carbocycles. The molecule has 1 aliphatic heterocycles. The molecule has 0 aliphatic carbocycles. The molecule has 1 amide bonds. The maximum absolute atomic E-state index is 12.3. The van der Waals surface area contributed by atoms with Crippen LogP contribution in [0.1, 0.15) is 61.8 Å². The van der Waals surface area contributed by atoms with Gasteiger partial charge in [-0.1, -0.05) is 13.8 Å². The number of hydrogen-bond acceptors (Lipinski definition) is 4. The summed E-state index contributed by atoms with van der Waals surface area (Å²) in [6.07, 6.45) is 3.07. The van der Waals surface area contributed by atoms with Gasteiger partial charge in [0.05, 0.1) is 11.6 Å². The van der Waals surface area contributed by atoms with Crippen LogP contribution >= 0.6 is 0 Å². The lowest BCUT2D eigenvalue weighted by Gasteiger charge is -2.31. The lowest BCUT2D eigenvalue weighted by molar-refractivity contribution is -0.0605. The highest BCUT2D eigenvalue weighted by molar-refractivity contribution is 5.92. The third-order valence-corrected chi connectivity index (χ3v) is 4.44. The lowest BCUT2D eigenvalue weighted by atomic mass is 9.94. The van der Waals surface area contributed by atoms with Gasteiger partial charge < -0.3 is 15.2 Å². The Labute approximate surface area is 131 Å². The van der Waals surface area contributed by atoms with Gasteiger partial charge in [0.1, 0.15) is 5.69 Å². The number of nitrogens with one attached hydrogen (secondary N) is 1. The second kappa shape index (κ2) is 7.24. The maximum atomic E-state index is 12.3. The Bertz CT molecular complexity index is 503. The van der Waals surface area contributed by atoms with E-state index in [4.69, 9.17) is 4.74 Å². The smallest absolute Gasteiger partial charge is 0.271 e. The van der Waals surface area contributed by atoms with Crippen LogP contribution in [0.15, 0.2) is 6.07 Å². The molecule has 0 bridgehead atoms. The van der Waals surface area contributed by atoms with Gasteiger partial charge in [-0.15, -0.1) is 0 Å². The number of carbonyl (C=O) groups excluding carboxylic acids is 1. The molecule has 22 heavy (non-hydrogen) atoms. The van der Waals surface area contributed by atoms with Gasteiger partial charge in [0, 0.05) is 38.3 Å². The van der Waals surface area contributed by atoms with Gasteiger partial charge in [-0.3, -0.25) is 9.48 Å². The first-order chi connectivity index (χ1) is 10.5. The molecular formula is C16H27N3O3. The van der Waals surface area contributed by atoms with Crippen molar-refractivity contribution in [1.29, 1.82) is 0 Å². The average molecular weight is 309 g/mol. The molecular weight excluding hydrogens is 282 g/mol. The zero-order chi connectivity index (χ0) is 16.2. The minimum atomic E-state index is -0.860. The molecule has 2 rings (SSSR count). The Hall–Kier alpha value is -1.40. The van der Waals surface area contributed by atoms with E-state index in [0.717, 1.165) is 18.5 Å². The fourth-order valence-corrected chi connectivity index (χ4v) is 2.87. The molecule has 1 aromatic rings. The molecule has 6 nitrogen and oxygen atoms in total. The highest BCUT2D eigenvalue weighted by Crippen LogP contribution is 2.20. The number of rotatable bonds is 6. The van der Waals surface area contributed by atoms with Crippen LogP contribution in [0.3, 0.4) is 0 Å². The Kier molecular flexibility index (Phi) is 5.58. The maximum Gasteiger partial charge on any atom is 0.271 e. The SMILES string of the molecule is CCC(CC)n1nc(C(=O)NCC2(O)CCOCC2)cc1C. The second-order valence-corrected chi connectivity index (χ2v) is 6.11. The summed E-state index contributed by atoms with van der Waals surface area (Å²) in [5.41, 5.74) is 0.546. The number of aryl methyl sites for hydroxylation is 1. The van der Waals surface area contributed by atoms with Gasteiger partial charge in [-0.05, 0) is 25.8 Å². The second-order valence-electron chi connectivity index (χ2n) is 6.11. The van der Waals surface area contributed by atoms with E-state index in [2.05, 4.69) is 24.3 Å². The highest BCUT2D eigenvalue weighted by atomic mass is 16.5.